The molecule has 0 saturated carbocycles. The Morgan fingerprint density at radius 1 is 1.33 bits per heavy atom. The molecule has 4 rings (SSSR count). The molecule has 0 spiro atoms. The molecule has 1 aromatic carbocycles. The molecule has 0 radical (unpaired) electrons. The second-order valence-corrected chi connectivity index (χ2v) is 7.13. The van der Waals surface area contributed by atoms with Crippen molar-refractivity contribution >= 4 is 17.2 Å². The van der Waals surface area contributed by atoms with Crippen LogP contribution in [-0.2, 0) is 0 Å². The van der Waals surface area contributed by atoms with Crippen LogP contribution in [-0.4, -0.2) is 24.0 Å². The normalized spacial score (nSPS) is 24.5. The summed E-state index contributed by atoms with van der Waals surface area (Å²) >= 11 is 1.38. The smallest absolute Gasteiger partial charge is 0.251 e. The number of fused-ring (bicyclic) bond motifs is 2. The molecule has 2 N–H and O–H groups in total. The largest absolute Gasteiger partial charge is 0.447 e. The summed E-state index contributed by atoms with van der Waals surface area (Å²) in [5.41, 5.74) is 1.22. The number of ether oxygens (including phenoxy) is 1. The first-order chi connectivity index (χ1) is 11.7. The van der Waals surface area contributed by atoms with Crippen LogP contribution in [0.15, 0.2) is 35.7 Å². The number of nitrogens with zero attached hydrogens (tertiary/aromatic N) is 1. The summed E-state index contributed by atoms with van der Waals surface area (Å²) < 4.78 is 5.69. The van der Waals surface area contributed by atoms with Crippen molar-refractivity contribution in [3.05, 3.63) is 46.8 Å². The first-order valence-electron chi connectivity index (χ1n) is 8.05. The summed E-state index contributed by atoms with van der Waals surface area (Å²) in [7, 11) is 0. The SMILES string of the molecule is N#Cc1csc(Oc2ccc(C(=O)N[C@@H]3C[C@H]4CC[C@@H]3N4)cc2)c1. The van der Waals surface area contributed by atoms with Gasteiger partial charge in [0.2, 0.25) is 0 Å². The Labute approximate surface area is 144 Å². The van der Waals surface area contributed by atoms with Crippen LogP contribution in [0.3, 0.4) is 0 Å². The fourth-order valence-corrected chi connectivity index (χ4v) is 4.16. The molecule has 0 unspecified atom stereocenters. The fraction of sp³-hybridized carbons (Fsp3) is 0.333. The van der Waals surface area contributed by atoms with Crippen LogP contribution in [0.2, 0.25) is 0 Å². The van der Waals surface area contributed by atoms with Crippen LogP contribution in [0.5, 0.6) is 10.8 Å². The van der Waals surface area contributed by atoms with Gasteiger partial charge in [0.25, 0.3) is 5.91 Å². The van der Waals surface area contributed by atoms with Crippen LogP contribution in [0.25, 0.3) is 0 Å². The number of carbonyl (C=O) groups excluding carboxylic acids is 1. The van der Waals surface area contributed by atoms with E-state index in [0.717, 1.165) is 12.8 Å². The molecule has 3 atom stereocenters. The van der Waals surface area contributed by atoms with Crippen molar-refractivity contribution in [2.24, 2.45) is 0 Å². The summed E-state index contributed by atoms with van der Waals surface area (Å²) in [6.45, 7) is 0. The van der Waals surface area contributed by atoms with E-state index in [-0.39, 0.29) is 11.9 Å². The fourth-order valence-electron chi connectivity index (χ4n) is 3.45. The van der Waals surface area contributed by atoms with E-state index in [1.807, 2.05) is 0 Å². The van der Waals surface area contributed by atoms with Gasteiger partial charge in [0, 0.05) is 35.1 Å². The van der Waals surface area contributed by atoms with Crippen molar-refractivity contribution in [1.29, 1.82) is 5.26 Å². The van der Waals surface area contributed by atoms with Gasteiger partial charge in [-0.05, 0) is 43.5 Å². The number of hydrogen-bond donors (Lipinski definition) is 2. The Bertz CT molecular complexity index is 793. The number of hydrogen-bond acceptors (Lipinski definition) is 5. The number of carbonyl (C=O) groups is 1. The average Bonchev–Trinajstić information content (AvgIpc) is 3.32. The molecular weight excluding hydrogens is 322 g/mol. The monoisotopic (exact) mass is 339 g/mol. The lowest BCUT2D eigenvalue weighted by Crippen LogP contribution is -2.42. The summed E-state index contributed by atoms with van der Waals surface area (Å²) in [5, 5.41) is 17.9. The molecule has 24 heavy (non-hydrogen) atoms. The summed E-state index contributed by atoms with van der Waals surface area (Å²) in [6.07, 6.45) is 3.39. The van der Waals surface area contributed by atoms with E-state index in [1.165, 1.54) is 17.8 Å². The van der Waals surface area contributed by atoms with E-state index in [4.69, 9.17) is 10.00 Å². The topological polar surface area (TPSA) is 74.1 Å². The summed E-state index contributed by atoms with van der Waals surface area (Å²) in [5.74, 6) is 0.614. The lowest BCUT2D eigenvalue weighted by atomic mass is 9.95. The highest BCUT2D eigenvalue weighted by molar-refractivity contribution is 7.12. The van der Waals surface area contributed by atoms with E-state index in [0.29, 0.717) is 34.0 Å². The third kappa shape index (κ3) is 3.01. The first kappa shape index (κ1) is 15.2. The van der Waals surface area contributed by atoms with Crippen molar-refractivity contribution in [2.75, 3.05) is 0 Å². The summed E-state index contributed by atoms with van der Waals surface area (Å²) in [4.78, 5) is 12.4. The van der Waals surface area contributed by atoms with E-state index in [2.05, 4.69) is 16.7 Å². The van der Waals surface area contributed by atoms with Gasteiger partial charge in [-0.3, -0.25) is 4.79 Å². The van der Waals surface area contributed by atoms with Crippen LogP contribution < -0.4 is 15.4 Å². The Morgan fingerprint density at radius 3 is 2.79 bits per heavy atom. The molecule has 1 amide bonds. The standard InChI is InChI=1S/C18H17N3O2S/c19-9-11-7-17(24-10-11)23-14-4-1-12(2-5-14)18(22)21-16-8-13-3-6-15(16)20-13/h1-2,4-5,7,10,13,15-16,20H,3,6,8H2,(H,21,22)/t13-,15+,16-/m1/s1. The van der Waals surface area contributed by atoms with Crippen molar-refractivity contribution in [3.8, 4) is 16.9 Å². The number of thiophene rings is 1. The van der Waals surface area contributed by atoms with Gasteiger partial charge in [-0.25, -0.2) is 0 Å². The molecule has 122 valence electrons. The van der Waals surface area contributed by atoms with E-state index >= 15 is 0 Å². The minimum Gasteiger partial charge on any atom is -0.447 e. The number of benzene rings is 1. The maximum absolute atomic E-state index is 12.4. The van der Waals surface area contributed by atoms with Crippen molar-refractivity contribution in [1.82, 2.24) is 10.6 Å². The molecule has 2 saturated heterocycles. The molecule has 0 aliphatic carbocycles. The molecule has 5 nitrogen and oxygen atoms in total. The second kappa shape index (κ2) is 6.27. The van der Waals surface area contributed by atoms with Gasteiger partial charge < -0.3 is 15.4 Å². The van der Waals surface area contributed by atoms with Crippen molar-refractivity contribution in [2.45, 2.75) is 37.4 Å². The zero-order valence-corrected chi connectivity index (χ0v) is 13.8. The van der Waals surface area contributed by atoms with Gasteiger partial charge >= 0.3 is 0 Å². The molecular formula is C18H17N3O2S. The highest BCUT2D eigenvalue weighted by Crippen LogP contribution is 2.30. The van der Waals surface area contributed by atoms with Gasteiger partial charge in [-0.15, -0.1) is 11.3 Å². The Hall–Kier alpha value is -2.36. The molecule has 3 heterocycles. The Kier molecular flexibility index (Phi) is 3.97. The average molecular weight is 339 g/mol. The Balaban J connectivity index is 1.38. The van der Waals surface area contributed by atoms with Gasteiger partial charge in [0.05, 0.1) is 5.56 Å². The molecule has 2 aliphatic heterocycles. The third-order valence-corrected chi connectivity index (χ3v) is 5.46. The van der Waals surface area contributed by atoms with E-state index in [9.17, 15) is 4.79 Å². The maximum atomic E-state index is 12.4. The van der Waals surface area contributed by atoms with Crippen LogP contribution in [0, 0.1) is 11.3 Å². The van der Waals surface area contributed by atoms with Crippen LogP contribution in [0.4, 0.5) is 0 Å². The zero-order chi connectivity index (χ0) is 16.5. The predicted molar refractivity (Wildman–Crippen MR) is 91.4 cm³/mol. The highest BCUT2D eigenvalue weighted by Gasteiger charge is 2.39. The van der Waals surface area contributed by atoms with E-state index in [1.54, 1.807) is 35.7 Å². The predicted octanol–water partition coefficient (Wildman–Crippen LogP) is 3.03. The van der Waals surface area contributed by atoms with Crippen molar-refractivity contribution < 1.29 is 9.53 Å². The number of rotatable bonds is 4. The summed E-state index contributed by atoms with van der Waals surface area (Å²) in [6, 6.07) is 12.1. The van der Waals surface area contributed by atoms with Crippen LogP contribution in [0.1, 0.15) is 35.2 Å². The number of nitrogens with one attached hydrogen (secondary N) is 2. The van der Waals surface area contributed by atoms with E-state index < -0.39 is 0 Å². The lowest BCUT2D eigenvalue weighted by Gasteiger charge is -2.21. The number of amides is 1. The third-order valence-electron chi connectivity index (χ3n) is 4.66. The quantitative estimate of drug-likeness (QED) is 0.898. The lowest BCUT2D eigenvalue weighted by molar-refractivity contribution is 0.0931. The van der Waals surface area contributed by atoms with Gasteiger partial charge in [0.15, 0.2) is 5.06 Å². The highest BCUT2D eigenvalue weighted by atomic mass is 32.1. The minimum absolute atomic E-state index is 0.0382. The van der Waals surface area contributed by atoms with Crippen molar-refractivity contribution in [3.63, 3.8) is 0 Å². The molecule has 2 bridgehead atoms. The Morgan fingerprint density at radius 2 is 2.17 bits per heavy atom. The molecule has 6 heteroatoms. The van der Waals surface area contributed by atoms with Gasteiger partial charge in [0.1, 0.15) is 11.8 Å². The van der Waals surface area contributed by atoms with Crippen LogP contribution >= 0.6 is 11.3 Å². The molecule has 1 aromatic heterocycles. The van der Waals surface area contributed by atoms with Gasteiger partial charge in [-0.1, -0.05) is 0 Å². The second-order valence-electron chi connectivity index (χ2n) is 6.26. The molecule has 2 aliphatic rings. The minimum atomic E-state index is -0.0382. The number of nitriles is 1. The molecule has 2 fully saturated rings. The maximum Gasteiger partial charge on any atom is 0.251 e. The van der Waals surface area contributed by atoms with Gasteiger partial charge in [-0.2, -0.15) is 5.26 Å². The first-order valence-corrected chi connectivity index (χ1v) is 8.93. The molecule has 2 aromatic rings. The zero-order valence-electron chi connectivity index (χ0n) is 13.0.